The molecule has 0 radical (unpaired) electrons. The van der Waals surface area contributed by atoms with Crippen molar-refractivity contribution in [3.63, 3.8) is 0 Å². The summed E-state index contributed by atoms with van der Waals surface area (Å²) in [7, 11) is 1.24. The van der Waals surface area contributed by atoms with Crippen molar-refractivity contribution in [1.82, 2.24) is 15.1 Å². The van der Waals surface area contributed by atoms with Gasteiger partial charge >= 0.3 is 11.9 Å². The Labute approximate surface area is 98.8 Å². The van der Waals surface area contributed by atoms with Crippen LogP contribution in [0.5, 0.6) is 0 Å². The Balaban J connectivity index is 2.35. The first-order valence-electron chi connectivity index (χ1n) is 4.25. The van der Waals surface area contributed by atoms with Crippen LogP contribution in [0.25, 0.3) is 11.5 Å². The van der Waals surface area contributed by atoms with Crippen LogP contribution >= 0.6 is 15.9 Å². The minimum Gasteiger partial charge on any atom is -0.462 e. The van der Waals surface area contributed by atoms with Crippen LogP contribution in [0, 0.1) is 0 Å². The zero-order valence-corrected chi connectivity index (χ0v) is 9.76. The zero-order valence-electron chi connectivity index (χ0n) is 8.18. The first-order valence-corrected chi connectivity index (χ1v) is 5.05. The van der Waals surface area contributed by atoms with Gasteiger partial charge in [-0.05, 0) is 28.1 Å². The van der Waals surface area contributed by atoms with Gasteiger partial charge in [0.25, 0.3) is 0 Å². The maximum atomic E-state index is 11.1. The Kier molecular flexibility index (Phi) is 2.95. The molecule has 0 saturated carbocycles. The van der Waals surface area contributed by atoms with Gasteiger partial charge in [0.05, 0.1) is 7.11 Å². The van der Waals surface area contributed by atoms with E-state index < -0.39 is 5.97 Å². The van der Waals surface area contributed by atoms with E-state index in [-0.39, 0.29) is 11.7 Å². The summed E-state index contributed by atoms with van der Waals surface area (Å²) in [6, 6.07) is 5.25. The van der Waals surface area contributed by atoms with Crippen LogP contribution in [0.3, 0.4) is 0 Å². The molecule has 2 heterocycles. The van der Waals surface area contributed by atoms with Gasteiger partial charge in [-0.25, -0.2) is 9.78 Å². The van der Waals surface area contributed by atoms with Crippen LogP contribution in [0.15, 0.2) is 27.3 Å². The van der Waals surface area contributed by atoms with Crippen molar-refractivity contribution < 1.29 is 14.1 Å². The quantitative estimate of drug-likeness (QED) is 0.616. The van der Waals surface area contributed by atoms with Crippen LogP contribution in [-0.4, -0.2) is 28.2 Å². The SMILES string of the molecule is COC(=O)c1nc(-c2cccc(Br)n2)no1. The molecule has 0 spiro atoms. The third kappa shape index (κ3) is 2.08. The second-order valence-electron chi connectivity index (χ2n) is 2.76. The highest BCUT2D eigenvalue weighted by Gasteiger charge is 2.16. The fraction of sp³-hybridized carbons (Fsp3) is 0.111. The minimum absolute atomic E-state index is 0.195. The highest BCUT2D eigenvalue weighted by atomic mass is 79.9. The maximum Gasteiger partial charge on any atom is 0.397 e. The van der Waals surface area contributed by atoms with Crippen molar-refractivity contribution in [2.24, 2.45) is 0 Å². The number of aromatic nitrogens is 3. The van der Waals surface area contributed by atoms with E-state index in [9.17, 15) is 4.79 Å². The molecule has 7 heteroatoms. The monoisotopic (exact) mass is 283 g/mol. The highest BCUT2D eigenvalue weighted by molar-refractivity contribution is 9.10. The molecule has 82 valence electrons. The molecule has 2 aromatic rings. The summed E-state index contributed by atoms with van der Waals surface area (Å²) in [5.74, 6) is -0.630. The second-order valence-corrected chi connectivity index (χ2v) is 3.57. The number of ether oxygens (including phenoxy) is 1. The average molecular weight is 284 g/mol. The van der Waals surface area contributed by atoms with Crippen molar-refractivity contribution in [2.75, 3.05) is 7.11 Å². The van der Waals surface area contributed by atoms with Gasteiger partial charge < -0.3 is 9.26 Å². The van der Waals surface area contributed by atoms with E-state index >= 15 is 0 Å². The second kappa shape index (κ2) is 4.40. The summed E-state index contributed by atoms with van der Waals surface area (Å²) in [6.07, 6.45) is 0. The largest absolute Gasteiger partial charge is 0.462 e. The number of halogens is 1. The van der Waals surface area contributed by atoms with Gasteiger partial charge in [-0.3, -0.25) is 0 Å². The van der Waals surface area contributed by atoms with Crippen LogP contribution in [0.4, 0.5) is 0 Å². The van der Waals surface area contributed by atoms with Crippen LogP contribution < -0.4 is 0 Å². The number of methoxy groups -OCH3 is 1. The molecule has 0 N–H and O–H groups in total. The van der Waals surface area contributed by atoms with Gasteiger partial charge in [0, 0.05) is 0 Å². The summed E-state index contributed by atoms with van der Waals surface area (Å²) in [4.78, 5) is 19.1. The van der Waals surface area contributed by atoms with Gasteiger partial charge in [0.1, 0.15) is 10.3 Å². The van der Waals surface area contributed by atoms with Gasteiger partial charge in [-0.2, -0.15) is 4.98 Å². The number of pyridine rings is 1. The Morgan fingerprint density at radius 3 is 2.94 bits per heavy atom. The predicted molar refractivity (Wildman–Crippen MR) is 56.6 cm³/mol. The van der Waals surface area contributed by atoms with Gasteiger partial charge in [-0.15, -0.1) is 0 Å². The number of carbonyl (C=O) groups is 1. The van der Waals surface area contributed by atoms with Crippen molar-refractivity contribution >= 4 is 21.9 Å². The van der Waals surface area contributed by atoms with Crippen LogP contribution in [0.2, 0.25) is 0 Å². The van der Waals surface area contributed by atoms with Crippen molar-refractivity contribution in [2.45, 2.75) is 0 Å². The number of hydrogen-bond donors (Lipinski definition) is 0. The average Bonchev–Trinajstić information content (AvgIpc) is 2.77. The Morgan fingerprint density at radius 2 is 2.25 bits per heavy atom. The van der Waals surface area contributed by atoms with Crippen molar-refractivity contribution in [3.05, 3.63) is 28.7 Å². The zero-order chi connectivity index (χ0) is 11.5. The molecule has 0 fully saturated rings. The van der Waals surface area contributed by atoms with E-state index in [0.717, 1.165) is 0 Å². The van der Waals surface area contributed by atoms with Crippen LogP contribution in [0.1, 0.15) is 10.7 Å². The maximum absolute atomic E-state index is 11.1. The molecule has 2 rings (SSSR count). The molecule has 6 nitrogen and oxygen atoms in total. The first kappa shape index (κ1) is 10.7. The fourth-order valence-electron chi connectivity index (χ4n) is 1.03. The van der Waals surface area contributed by atoms with E-state index in [1.807, 2.05) is 0 Å². The molecule has 0 aliphatic rings. The van der Waals surface area contributed by atoms with Crippen molar-refractivity contribution in [3.8, 4) is 11.5 Å². The normalized spacial score (nSPS) is 10.1. The van der Waals surface area contributed by atoms with Gasteiger partial charge in [0.2, 0.25) is 5.82 Å². The Bertz CT molecular complexity index is 526. The number of nitrogens with zero attached hydrogens (tertiary/aromatic N) is 3. The molecular formula is C9H6BrN3O3. The summed E-state index contributed by atoms with van der Waals surface area (Å²) in [5, 5.41) is 3.63. The third-order valence-electron chi connectivity index (χ3n) is 1.73. The molecule has 2 aromatic heterocycles. The topological polar surface area (TPSA) is 78.1 Å². The molecule has 0 bridgehead atoms. The number of hydrogen-bond acceptors (Lipinski definition) is 6. The van der Waals surface area contributed by atoms with Gasteiger partial charge in [0.15, 0.2) is 0 Å². The van der Waals surface area contributed by atoms with Gasteiger partial charge in [-0.1, -0.05) is 11.2 Å². The van der Waals surface area contributed by atoms with E-state index in [0.29, 0.717) is 10.3 Å². The lowest BCUT2D eigenvalue weighted by atomic mass is 10.3. The van der Waals surface area contributed by atoms with Crippen molar-refractivity contribution in [1.29, 1.82) is 0 Å². The van der Waals surface area contributed by atoms with Crippen LogP contribution in [-0.2, 0) is 4.74 Å². The lowest BCUT2D eigenvalue weighted by molar-refractivity contribution is 0.0545. The lowest BCUT2D eigenvalue weighted by Gasteiger charge is -1.93. The number of rotatable bonds is 2. The Hall–Kier alpha value is -1.76. The molecule has 16 heavy (non-hydrogen) atoms. The molecule has 0 unspecified atom stereocenters. The standard InChI is InChI=1S/C9H6BrN3O3/c1-15-9(14)8-12-7(13-16-8)5-3-2-4-6(10)11-5/h2-4H,1H3. The molecule has 0 aliphatic heterocycles. The molecule has 0 amide bonds. The summed E-state index contributed by atoms with van der Waals surface area (Å²) in [5.41, 5.74) is 0.508. The summed E-state index contributed by atoms with van der Waals surface area (Å²) < 4.78 is 9.81. The summed E-state index contributed by atoms with van der Waals surface area (Å²) in [6.45, 7) is 0. The van der Waals surface area contributed by atoms with E-state index in [4.69, 9.17) is 4.52 Å². The minimum atomic E-state index is -0.672. The summed E-state index contributed by atoms with van der Waals surface area (Å²) >= 11 is 3.22. The third-order valence-corrected chi connectivity index (χ3v) is 2.17. The molecule has 0 saturated heterocycles. The molecule has 0 atom stereocenters. The molecule has 0 aromatic carbocycles. The number of esters is 1. The van der Waals surface area contributed by atoms with E-state index in [1.165, 1.54) is 7.11 Å². The molecule has 0 aliphatic carbocycles. The predicted octanol–water partition coefficient (Wildman–Crippen LogP) is 1.68. The Morgan fingerprint density at radius 1 is 1.44 bits per heavy atom. The van der Waals surface area contributed by atoms with E-state index in [2.05, 4.69) is 35.8 Å². The number of carbonyl (C=O) groups excluding carboxylic acids is 1. The fourth-order valence-corrected chi connectivity index (χ4v) is 1.37. The first-order chi connectivity index (χ1) is 7.70. The van der Waals surface area contributed by atoms with E-state index in [1.54, 1.807) is 18.2 Å². The molecular weight excluding hydrogens is 278 g/mol. The highest BCUT2D eigenvalue weighted by Crippen LogP contribution is 2.16. The smallest absolute Gasteiger partial charge is 0.397 e. The lowest BCUT2D eigenvalue weighted by Crippen LogP contribution is -2.01.